The van der Waals surface area contributed by atoms with Gasteiger partial charge in [-0.15, -0.1) is 0 Å². The van der Waals surface area contributed by atoms with Gasteiger partial charge >= 0.3 is 0 Å². The average molecular weight is 361 g/mol. The highest BCUT2D eigenvalue weighted by atomic mass is 16.2. The minimum atomic E-state index is 0.148. The first-order valence-electron chi connectivity index (χ1n) is 9.93. The van der Waals surface area contributed by atoms with Crippen LogP contribution in [-0.4, -0.2) is 55.0 Å². The van der Waals surface area contributed by atoms with E-state index in [2.05, 4.69) is 30.1 Å². The number of aryl methyl sites for hydroxylation is 2. The number of nitrogens with one attached hydrogen (secondary N) is 1. The lowest BCUT2D eigenvalue weighted by atomic mass is 10.0. The molecular weight excluding hydrogens is 324 g/mol. The van der Waals surface area contributed by atoms with Gasteiger partial charge < -0.3 is 20.9 Å². The molecule has 0 aliphatic carbocycles. The van der Waals surface area contributed by atoms with Gasteiger partial charge in [-0.3, -0.25) is 4.79 Å². The fourth-order valence-corrected chi connectivity index (χ4v) is 3.88. The molecule has 5 nitrogen and oxygen atoms in total. The van der Waals surface area contributed by atoms with E-state index in [4.69, 9.17) is 5.73 Å². The predicted octanol–water partition coefficient (Wildman–Crippen LogP) is 3.33. The lowest BCUT2D eigenvalue weighted by Crippen LogP contribution is -2.47. The summed E-state index contributed by atoms with van der Waals surface area (Å²) < 4.78 is 0. The zero-order chi connectivity index (χ0) is 19.3. The van der Waals surface area contributed by atoms with Crippen molar-refractivity contribution in [3.05, 3.63) is 22.8 Å². The predicted molar refractivity (Wildman–Crippen MR) is 111 cm³/mol. The molecule has 2 rings (SSSR count). The first kappa shape index (κ1) is 20.6. The van der Waals surface area contributed by atoms with Crippen molar-refractivity contribution < 1.29 is 4.79 Å². The smallest absolute Gasteiger partial charge is 0.241 e. The second kappa shape index (κ2) is 9.26. The number of hydrogen-bond acceptors (Lipinski definition) is 4. The maximum atomic E-state index is 12.7. The molecule has 1 heterocycles. The van der Waals surface area contributed by atoms with Gasteiger partial charge in [0.2, 0.25) is 5.91 Å². The number of nitrogen functional groups attached to an aromatic ring is 1. The van der Waals surface area contributed by atoms with Crippen LogP contribution in [0.5, 0.6) is 0 Å². The SMILES string of the molecule is CCCCN1CCC(N(C)C(=O)CNc2c(C)cc(C)c(N)c2C)CC1. The van der Waals surface area contributed by atoms with Gasteiger partial charge in [0.1, 0.15) is 0 Å². The molecule has 1 aromatic rings. The van der Waals surface area contributed by atoms with Crippen LogP contribution in [0.4, 0.5) is 11.4 Å². The number of unbranched alkanes of at least 4 members (excludes halogenated alkanes) is 1. The van der Waals surface area contributed by atoms with Crippen molar-refractivity contribution in [2.24, 2.45) is 0 Å². The van der Waals surface area contributed by atoms with Gasteiger partial charge in [0.15, 0.2) is 0 Å². The van der Waals surface area contributed by atoms with E-state index in [0.717, 1.165) is 54.0 Å². The van der Waals surface area contributed by atoms with Crippen LogP contribution in [0.15, 0.2) is 6.07 Å². The highest BCUT2D eigenvalue weighted by Gasteiger charge is 2.25. The van der Waals surface area contributed by atoms with E-state index in [1.807, 2.05) is 25.8 Å². The molecule has 1 aliphatic heterocycles. The van der Waals surface area contributed by atoms with E-state index in [0.29, 0.717) is 12.6 Å². The Balaban J connectivity index is 1.88. The summed E-state index contributed by atoms with van der Waals surface area (Å²) >= 11 is 0. The quantitative estimate of drug-likeness (QED) is 0.732. The number of rotatable bonds is 7. The normalized spacial score (nSPS) is 15.9. The maximum absolute atomic E-state index is 12.7. The molecular formula is C21H36N4O. The molecule has 26 heavy (non-hydrogen) atoms. The summed E-state index contributed by atoms with van der Waals surface area (Å²) in [5.74, 6) is 0.148. The van der Waals surface area contributed by atoms with E-state index < -0.39 is 0 Å². The third-order valence-electron chi connectivity index (χ3n) is 5.77. The summed E-state index contributed by atoms with van der Waals surface area (Å²) in [7, 11) is 1.94. The number of hydrogen-bond donors (Lipinski definition) is 2. The van der Waals surface area contributed by atoms with Crippen molar-refractivity contribution in [2.45, 2.75) is 59.4 Å². The number of carbonyl (C=O) groups is 1. The van der Waals surface area contributed by atoms with Gasteiger partial charge in [-0.25, -0.2) is 0 Å². The van der Waals surface area contributed by atoms with Crippen molar-refractivity contribution in [3.63, 3.8) is 0 Å². The van der Waals surface area contributed by atoms with Gasteiger partial charge in [-0.2, -0.15) is 0 Å². The number of carbonyl (C=O) groups excluding carboxylic acids is 1. The van der Waals surface area contributed by atoms with E-state index in [9.17, 15) is 4.79 Å². The Bertz CT molecular complexity index is 621. The molecule has 146 valence electrons. The molecule has 0 saturated carbocycles. The lowest BCUT2D eigenvalue weighted by Gasteiger charge is -2.37. The molecule has 0 aromatic heterocycles. The molecule has 0 bridgehead atoms. The van der Waals surface area contributed by atoms with Gasteiger partial charge in [0, 0.05) is 37.6 Å². The highest BCUT2D eigenvalue weighted by molar-refractivity contribution is 5.82. The zero-order valence-electron chi connectivity index (χ0n) is 17.2. The van der Waals surface area contributed by atoms with Gasteiger partial charge in [-0.05, 0) is 63.3 Å². The largest absolute Gasteiger partial charge is 0.398 e. The standard InChI is InChI=1S/C21H36N4O/c1-6-7-10-25-11-8-18(9-12-25)24(5)19(26)14-23-21-16(3)13-15(2)20(22)17(21)4/h13,18,23H,6-12,14,22H2,1-5H3. The van der Waals surface area contributed by atoms with Crippen molar-refractivity contribution in [2.75, 3.05) is 44.3 Å². The van der Waals surface area contributed by atoms with E-state index in [1.54, 1.807) is 0 Å². The molecule has 5 heteroatoms. The molecule has 1 aromatic carbocycles. The number of piperidine rings is 1. The molecule has 0 radical (unpaired) electrons. The van der Waals surface area contributed by atoms with Crippen molar-refractivity contribution in [1.82, 2.24) is 9.80 Å². The van der Waals surface area contributed by atoms with Crippen molar-refractivity contribution >= 4 is 17.3 Å². The second-order valence-corrected chi connectivity index (χ2v) is 7.71. The Hall–Kier alpha value is -1.75. The molecule has 1 amide bonds. The van der Waals surface area contributed by atoms with E-state index in [-0.39, 0.29) is 5.91 Å². The van der Waals surface area contributed by atoms with Crippen LogP contribution in [0.1, 0.15) is 49.3 Å². The topological polar surface area (TPSA) is 61.6 Å². The summed E-state index contributed by atoms with van der Waals surface area (Å²) in [6.45, 7) is 12.0. The summed E-state index contributed by atoms with van der Waals surface area (Å²) in [5.41, 5.74) is 11.2. The second-order valence-electron chi connectivity index (χ2n) is 7.71. The lowest BCUT2D eigenvalue weighted by molar-refractivity contribution is -0.130. The Kier molecular flexibility index (Phi) is 7.33. The Labute approximate surface area is 158 Å². The highest BCUT2D eigenvalue weighted by Crippen LogP contribution is 2.28. The average Bonchev–Trinajstić information content (AvgIpc) is 2.64. The van der Waals surface area contributed by atoms with Gasteiger partial charge in [0.05, 0.1) is 6.54 Å². The van der Waals surface area contributed by atoms with Gasteiger partial charge in [-0.1, -0.05) is 19.4 Å². The monoisotopic (exact) mass is 360 g/mol. The van der Waals surface area contributed by atoms with Crippen LogP contribution in [0.3, 0.4) is 0 Å². The van der Waals surface area contributed by atoms with Crippen LogP contribution in [0, 0.1) is 20.8 Å². The first-order valence-corrected chi connectivity index (χ1v) is 9.93. The Morgan fingerprint density at radius 1 is 1.27 bits per heavy atom. The number of likely N-dealkylation sites (tertiary alicyclic amines) is 1. The molecule has 3 N–H and O–H groups in total. The number of likely N-dealkylation sites (N-methyl/N-ethyl adjacent to an activating group) is 1. The number of anilines is 2. The van der Waals surface area contributed by atoms with Crippen LogP contribution in [0.2, 0.25) is 0 Å². The number of nitrogens with two attached hydrogens (primary N) is 1. The van der Waals surface area contributed by atoms with Crippen LogP contribution < -0.4 is 11.1 Å². The molecule has 1 fully saturated rings. The third kappa shape index (κ3) is 4.91. The summed E-state index contributed by atoms with van der Waals surface area (Å²) in [6.07, 6.45) is 4.65. The van der Waals surface area contributed by atoms with Gasteiger partial charge in [0.25, 0.3) is 0 Å². The first-order chi connectivity index (χ1) is 12.3. The minimum Gasteiger partial charge on any atom is -0.398 e. The Morgan fingerprint density at radius 2 is 1.92 bits per heavy atom. The molecule has 0 unspecified atom stereocenters. The summed E-state index contributed by atoms with van der Waals surface area (Å²) in [4.78, 5) is 17.1. The van der Waals surface area contributed by atoms with E-state index in [1.165, 1.54) is 19.4 Å². The molecule has 1 aliphatic rings. The Morgan fingerprint density at radius 3 is 2.54 bits per heavy atom. The zero-order valence-corrected chi connectivity index (χ0v) is 17.2. The molecule has 0 atom stereocenters. The summed E-state index contributed by atoms with van der Waals surface area (Å²) in [6, 6.07) is 2.43. The fourth-order valence-electron chi connectivity index (χ4n) is 3.88. The molecule has 0 spiro atoms. The fraction of sp³-hybridized carbons (Fsp3) is 0.667. The van der Waals surface area contributed by atoms with Crippen molar-refractivity contribution in [3.8, 4) is 0 Å². The van der Waals surface area contributed by atoms with Crippen LogP contribution in [0.25, 0.3) is 0 Å². The molecule has 1 saturated heterocycles. The van der Waals surface area contributed by atoms with Crippen molar-refractivity contribution in [1.29, 1.82) is 0 Å². The number of benzene rings is 1. The van der Waals surface area contributed by atoms with E-state index >= 15 is 0 Å². The number of amides is 1. The maximum Gasteiger partial charge on any atom is 0.241 e. The summed E-state index contributed by atoms with van der Waals surface area (Å²) in [5, 5.41) is 3.32. The third-order valence-corrected chi connectivity index (χ3v) is 5.77. The minimum absolute atomic E-state index is 0.148. The van der Waals surface area contributed by atoms with Crippen LogP contribution in [-0.2, 0) is 4.79 Å². The van der Waals surface area contributed by atoms with Crippen LogP contribution >= 0.6 is 0 Å². The number of nitrogens with zero attached hydrogens (tertiary/aromatic N) is 2.